The highest BCUT2D eigenvalue weighted by molar-refractivity contribution is 5.95. The number of nitrogens with zero attached hydrogens (tertiary/aromatic N) is 4. The van der Waals surface area contributed by atoms with Crippen LogP contribution in [-0.4, -0.2) is 44.7 Å². The Kier molecular flexibility index (Phi) is 3.41. The molecule has 1 aliphatic carbocycles. The highest BCUT2D eigenvalue weighted by atomic mass is 16.2. The van der Waals surface area contributed by atoms with Gasteiger partial charge in [-0.1, -0.05) is 0 Å². The number of aryl methyl sites for hydroxylation is 1. The van der Waals surface area contributed by atoms with Crippen molar-refractivity contribution in [2.24, 2.45) is 17.6 Å². The first-order valence-electron chi connectivity index (χ1n) is 8.14. The topological polar surface area (TPSA) is 77.0 Å². The van der Waals surface area contributed by atoms with E-state index in [4.69, 9.17) is 5.73 Å². The first kappa shape index (κ1) is 14.4. The Balaban J connectivity index is 1.54. The van der Waals surface area contributed by atoms with Crippen molar-refractivity contribution < 1.29 is 4.79 Å². The molecule has 2 N–H and O–H groups in total. The third kappa shape index (κ3) is 2.43. The predicted molar refractivity (Wildman–Crippen MR) is 86.2 cm³/mol. The van der Waals surface area contributed by atoms with E-state index >= 15 is 0 Å². The van der Waals surface area contributed by atoms with Gasteiger partial charge in [0.05, 0.1) is 5.69 Å². The van der Waals surface area contributed by atoms with Crippen LogP contribution in [0.4, 0.5) is 0 Å². The van der Waals surface area contributed by atoms with Crippen molar-refractivity contribution in [3.05, 3.63) is 42.0 Å². The molecule has 2 aliphatic rings. The monoisotopic (exact) mass is 311 g/mol. The van der Waals surface area contributed by atoms with Gasteiger partial charge < -0.3 is 10.6 Å². The molecule has 0 spiro atoms. The number of carbonyl (C=O) groups excluding carboxylic acids is 1. The zero-order chi connectivity index (χ0) is 16.0. The number of hydrogen-bond donors (Lipinski definition) is 1. The fraction of sp³-hybridized carbons (Fsp3) is 0.471. The first-order chi connectivity index (χ1) is 11.1. The molecule has 3 unspecified atom stereocenters. The second-order valence-corrected chi connectivity index (χ2v) is 6.72. The van der Waals surface area contributed by atoms with Gasteiger partial charge in [-0.2, -0.15) is 5.10 Å². The molecule has 1 aliphatic heterocycles. The second kappa shape index (κ2) is 5.45. The Hall–Kier alpha value is -2.21. The molecule has 1 aromatic carbocycles. The van der Waals surface area contributed by atoms with Crippen molar-refractivity contribution in [3.8, 4) is 5.69 Å². The van der Waals surface area contributed by atoms with Crippen LogP contribution < -0.4 is 5.73 Å². The van der Waals surface area contributed by atoms with Crippen LogP contribution >= 0.6 is 0 Å². The molecule has 1 saturated carbocycles. The van der Waals surface area contributed by atoms with Crippen molar-refractivity contribution >= 4 is 5.91 Å². The van der Waals surface area contributed by atoms with Crippen LogP contribution in [0.3, 0.4) is 0 Å². The molecule has 2 heterocycles. The number of nitrogens with two attached hydrogens (primary N) is 1. The summed E-state index contributed by atoms with van der Waals surface area (Å²) in [5, 5.41) is 4.14. The Morgan fingerprint density at radius 1 is 1.30 bits per heavy atom. The largest absolute Gasteiger partial charge is 0.338 e. The molecule has 1 saturated heterocycles. The number of fused-ring (bicyclic) bond motifs is 1. The van der Waals surface area contributed by atoms with Crippen LogP contribution in [0.1, 0.15) is 28.8 Å². The second-order valence-electron chi connectivity index (χ2n) is 6.72. The minimum absolute atomic E-state index is 0.111. The Morgan fingerprint density at radius 2 is 2.17 bits per heavy atom. The molecule has 2 aromatic rings. The molecule has 4 rings (SSSR count). The van der Waals surface area contributed by atoms with Gasteiger partial charge in [-0.25, -0.2) is 9.67 Å². The summed E-state index contributed by atoms with van der Waals surface area (Å²) in [6, 6.07) is 6.00. The SMILES string of the molecule is Cc1cc(C(=O)N2CC3CCC(N)C3C2)ccc1-n1cncn1. The van der Waals surface area contributed by atoms with Gasteiger partial charge in [0.15, 0.2) is 0 Å². The molecule has 23 heavy (non-hydrogen) atoms. The smallest absolute Gasteiger partial charge is 0.253 e. The average molecular weight is 311 g/mol. The normalized spacial score (nSPS) is 26.5. The lowest BCUT2D eigenvalue weighted by Gasteiger charge is -2.19. The molecule has 1 aromatic heterocycles. The van der Waals surface area contributed by atoms with Gasteiger partial charge in [0.1, 0.15) is 12.7 Å². The maximum absolute atomic E-state index is 12.8. The van der Waals surface area contributed by atoms with Crippen LogP contribution in [0.5, 0.6) is 0 Å². The third-order valence-corrected chi connectivity index (χ3v) is 5.31. The summed E-state index contributed by atoms with van der Waals surface area (Å²) in [6.07, 6.45) is 5.42. The van der Waals surface area contributed by atoms with Gasteiger partial charge in [-0.15, -0.1) is 0 Å². The summed E-state index contributed by atoms with van der Waals surface area (Å²) in [6.45, 7) is 3.64. The summed E-state index contributed by atoms with van der Waals surface area (Å²) < 4.78 is 1.71. The number of amides is 1. The van der Waals surface area contributed by atoms with E-state index in [1.54, 1.807) is 11.0 Å². The number of benzene rings is 1. The highest BCUT2D eigenvalue weighted by Crippen LogP contribution is 2.37. The molecule has 3 atom stereocenters. The molecule has 6 heteroatoms. The number of rotatable bonds is 2. The van der Waals surface area contributed by atoms with E-state index in [1.165, 1.54) is 6.33 Å². The Morgan fingerprint density at radius 3 is 2.87 bits per heavy atom. The van der Waals surface area contributed by atoms with Crippen molar-refractivity contribution in [2.75, 3.05) is 13.1 Å². The molecule has 0 radical (unpaired) electrons. The van der Waals surface area contributed by atoms with Crippen molar-refractivity contribution in [1.29, 1.82) is 0 Å². The van der Waals surface area contributed by atoms with Crippen molar-refractivity contribution in [2.45, 2.75) is 25.8 Å². The summed E-state index contributed by atoms with van der Waals surface area (Å²) in [5.41, 5.74) is 8.86. The summed E-state index contributed by atoms with van der Waals surface area (Å²) in [5.74, 6) is 1.18. The van der Waals surface area contributed by atoms with Gasteiger partial charge in [0, 0.05) is 24.7 Å². The zero-order valence-electron chi connectivity index (χ0n) is 13.2. The van der Waals surface area contributed by atoms with E-state index in [0.717, 1.165) is 42.7 Å². The standard InChI is InChI=1S/C17H21N5O/c1-11-6-12(3-5-16(11)22-10-19-9-20-22)17(23)21-7-13-2-4-15(18)14(13)8-21/h3,5-6,9-10,13-15H,2,4,7-8,18H2,1H3. The third-order valence-electron chi connectivity index (χ3n) is 5.31. The molecular weight excluding hydrogens is 290 g/mol. The molecular formula is C17H21N5O. The summed E-state index contributed by atoms with van der Waals surface area (Å²) in [7, 11) is 0. The van der Waals surface area contributed by atoms with Crippen molar-refractivity contribution in [3.63, 3.8) is 0 Å². The predicted octanol–water partition coefficient (Wildman–Crippen LogP) is 1.39. The lowest BCUT2D eigenvalue weighted by Crippen LogP contribution is -2.33. The number of likely N-dealkylation sites (tertiary alicyclic amines) is 1. The molecule has 2 fully saturated rings. The van der Waals surface area contributed by atoms with E-state index in [2.05, 4.69) is 10.1 Å². The maximum atomic E-state index is 12.8. The first-order valence-corrected chi connectivity index (χ1v) is 8.14. The fourth-order valence-electron chi connectivity index (χ4n) is 4.03. The number of hydrogen-bond acceptors (Lipinski definition) is 4. The Bertz CT molecular complexity index is 727. The average Bonchev–Trinajstić information content (AvgIpc) is 3.26. The van der Waals surface area contributed by atoms with Crippen LogP contribution in [0.2, 0.25) is 0 Å². The lowest BCUT2D eigenvalue weighted by molar-refractivity contribution is 0.0779. The van der Waals surface area contributed by atoms with E-state index in [-0.39, 0.29) is 11.9 Å². The van der Waals surface area contributed by atoms with E-state index < -0.39 is 0 Å². The molecule has 6 nitrogen and oxygen atoms in total. The van der Waals surface area contributed by atoms with Crippen LogP contribution in [0.25, 0.3) is 5.69 Å². The van der Waals surface area contributed by atoms with E-state index in [0.29, 0.717) is 11.8 Å². The zero-order valence-corrected chi connectivity index (χ0v) is 13.2. The minimum atomic E-state index is 0.111. The highest BCUT2D eigenvalue weighted by Gasteiger charge is 2.42. The summed E-state index contributed by atoms with van der Waals surface area (Å²) >= 11 is 0. The lowest BCUT2D eigenvalue weighted by atomic mass is 9.98. The van der Waals surface area contributed by atoms with Crippen LogP contribution in [-0.2, 0) is 0 Å². The quantitative estimate of drug-likeness (QED) is 0.909. The van der Waals surface area contributed by atoms with E-state index in [9.17, 15) is 4.79 Å². The van der Waals surface area contributed by atoms with Gasteiger partial charge in [-0.05, 0) is 55.4 Å². The molecule has 0 bridgehead atoms. The van der Waals surface area contributed by atoms with Crippen LogP contribution in [0.15, 0.2) is 30.9 Å². The minimum Gasteiger partial charge on any atom is -0.338 e. The van der Waals surface area contributed by atoms with Gasteiger partial charge in [0.25, 0.3) is 5.91 Å². The van der Waals surface area contributed by atoms with E-state index in [1.807, 2.05) is 30.0 Å². The van der Waals surface area contributed by atoms with Gasteiger partial charge in [0.2, 0.25) is 0 Å². The van der Waals surface area contributed by atoms with Gasteiger partial charge in [-0.3, -0.25) is 4.79 Å². The number of aromatic nitrogens is 3. The number of carbonyl (C=O) groups is 1. The Labute approximate surface area is 135 Å². The molecule has 1 amide bonds. The maximum Gasteiger partial charge on any atom is 0.253 e. The van der Waals surface area contributed by atoms with Crippen molar-refractivity contribution in [1.82, 2.24) is 19.7 Å². The summed E-state index contributed by atoms with van der Waals surface area (Å²) in [4.78, 5) is 18.7. The van der Waals surface area contributed by atoms with Gasteiger partial charge >= 0.3 is 0 Å². The van der Waals surface area contributed by atoms with Crippen LogP contribution in [0, 0.1) is 18.8 Å². The molecule has 120 valence electrons. The fourth-order valence-corrected chi connectivity index (χ4v) is 4.03.